The smallest absolute Gasteiger partial charge is 0.00901 e. The van der Waals surface area contributed by atoms with E-state index in [1.165, 1.54) is 38.5 Å². The van der Waals surface area contributed by atoms with Crippen LogP contribution < -0.4 is 0 Å². The van der Waals surface area contributed by atoms with E-state index >= 15 is 0 Å². The van der Waals surface area contributed by atoms with Crippen LogP contribution >= 0.6 is 0 Å². The number of unbranched alkanes of at least 4 members (excludes halogenated alkanes) is 3. The van der Waals surface area contributed by atoms with Crippen molar-refractivity contribution in [1.82, 2.24) is 0 Å². The average molecular weight is 252 g/mol. The first-order valence-electron chi connectivity index (χ1n) is 7.85. The van der Waals surface area contributed by atoms with Gasteiger partial charge in [-0.15, -0.1) is 0 Å². The van der Waals surface area contributed by atoms with E-state index in [2.05, 4.69) is 49.4 Å². The minimum Gasteiger partial charge on any atom is -0.0770 e. The summed E-state index contributed by atoms with van der Waals surface area (Å²) in [6.45, 7) is 2.28. The average Bonchev–Trinajstić information content (AvgIpc) is 2.81. The second kappa shape index (κ2) is 5.77. The van der Waals surface area contributed by atoms with E-state index in [0.717, 1.165) is 5.92 Å². The van der Waals surface area contributed by atoms with Crippen LogP contribution in [0.1, 0.15) is 56.1 Å². The first-order chi connectivity index (χ1) is 9.38. The SMILES string of the molecule is CCCCCCC1=CC2Cc3ccccc3C2C=C1. The predicted octanol–water partition coefficient (Wildman–Crippen LogP) is 5.41. The molecule has 0 N–H and O–H groups in total. The molecule has 0 amide bonds. The fourth-order valence-electron chi connectivity index (χ4n) is 3.55. The van der Waals surface area contributed by atoms with Crippen molar-refractivity contribution in [2.45, 2.75) is 51.4 Å². The standard InChI is InChI=1S/C19H24/c1-2-3-4-5-8-15-11-12-19-17(13-15)14-16-9-6-7-10-18(16)19/h6-7,9-13,17,19H,2-5,8,14H2,1H3. The third-order valence-corrected chi connectivity index (χ3v) is 4.60. The van der Waals surface area contributed by atoms with Crippen molar-refractivity contribution in [2.24, 2.45) is 5.92 Å². The molecule has 0 heteroatoms. The Morgan fingerprint density at radius 2 is 2.00 bits per heavy atom. The van der Waals surface area contributed by atoms with Crippen molar-refractivity contribution in [3.05, 3.63) is 59.2 Å². The fraction of sp³-hybridized carbons (Fsp3) is 0.474. The van der Waals surface area contributed by atoms with Gasteiger partial charge in [-0.1, -0.05) is 74.3 Å². The van der Waals surface area contributed by atoms with Gasteiger partial charge in [-0.05, 0) is 36.3 Å². The van der Waals surface area contributed by atoms with Gasteiger partial charge in [0.05, 0.1) is 0 Å². The van der Waals surface area contributed by atoms with Gasteiger partial charge in [-0.3, -0.25) is 0 Å². The van der Waals surface area contributed by atoms with E-state index in [0.29, 0.717) is 5.92 Å². The normalized spacial score (nSPS) is 23.9. The van der Waals surface area contributed by atoms with E-state index in [1.54, 1.807) is 16.7 Å². The molecule has 0 saturated carbocycles. The highest BCUT2D eigenvalue weighted by Gasteiger charge is 2.30. The third-order valence-electron chi connectivity index (χ3n) is 4.60. The highest BCUT2D eigenvalue weighted by molar-refractivity contribution is 5.44. The lowest BCUT2D eigenvalue weighted by Crippen LogP contribution is -2.07. The monoisotopic (exact) mass is 252 g/mol. The van der Waals surface area contributed by atoms with Gasteiger partial charge in [0.15, 0.2) is 0 Å². The fourth-order valence-corrected chi connectivity index (χ4v) is 3.55. The van der Waals surface area contributed by atoms with Crippen LogP contribution in [-0.4, -0.2) is 0 Å². The summed E-state index contributed by atoms with van der Waals surface area (Å²) in [7, 11) is 0. The number of hydrogen-bond acceptors (Lipinski definition) is 0. The topological polar surface area (TPSA) is 0 Å². The van der Waals surface area contributed by atoms with Gasteiger partial charge in [0.1, 0.15) is 0 Å². The van der Waals surface area contributed by atoms with Crippen LogP contribution in [-0.2, 0) is 6.42 Å². The molecule has 0 radical (unpaired) electrons. The summed E-state index contributed by atoms with van der Waals surface area (Å²) >= 11 is 0. The minimum atomic E-state index is 0.649. The number of fused-ring (bicyclic) bond motifs is 3. The van der Waals surface area contributed by atoms with Crippen LogP contribution in [0.2, 0.25) is 0 Å². The molecule has 2 atom stereocenters. The molecule has 2 unspecified atom stereocenters. The van der Waals surface area contributed by atoms with Crippen molar-refractivity contribution in [1.29, 1.82) is 0 Å². The van der Waals surface area contributed by atoms with E-state index in [9.17, 15) is 0 Å². The zero-order chi connectivity index (χ0) is 13.1. The summed E-state index contributed by atoms with van der Waals surface area (Å²) in [5, 5.41) is 0. The van der Waals surface area contributed by atoms with Gasteiger partial charge < -0.3 is 0 Å². The summed E-state index contributed by atoms with van der Waals surface area (Å²) in [5.74, 6) is 1.37. The maximum absolute atomic E-state index is 2.55. The van der Waals surface area contributed by atoms with Crippen molar-refractivity contribution >= 4 is 0 Å². The Morgan fingerprint density at radius 1 is 1.11 bits per heavy atom. The Hall–Kier alpha value is -1.30. The molecule has 1 aromatic rings. The molecule has 100 valence electrons. The Bertz CT molecular complexity index is 493. The van der Waals surface area contributed by atoms with Crippen molar-refractivity contribution in [2.75, 3.05) is 0 Å². The van der Waals surface area contributed by atoms with Gasteiger partial charge in [0.25, 0.3) is 0 Å². The van der Waals surface area contributed by atoms with Gasteiger partial charge in [0, 0.05) is 5.92 Å². The molecule has 0 aliphatic heterocycles. The Morgan fingerprint density at radius 3 is 2.89 bits per heavy atom. The largest absolute Gasteiger partial charge is 0.0770 e. The quantitative estimate of drug-likeness (QED) is 0.615. The molecule has 3 rings (SSSR count). The molecule has 0 saturated heterocycles. The number of allylic oxidation sites excluding steroid dienone is 4. The first-order valence-corrected chi connectivity index (χ1v) is 7.85. The van der Waals surface area contributed by atoms with Crippen molar-refractivity contribution in [3.8, 4) is 0 Å². The maximum Gasteiger partial charge on any atom is 0.00901 e. The number of hydrogen-bond donors (Lipinski definition) is 0. The summed E-state index contributed by atoms with van der Waals surface area (Å²) in [5.41, 5.74) is 4.70. The van der Waals surface area contributed by atoms with E-state index in [1.807, 2.05) is 0 Å². The highest BCUT2D eigenvalue weighted by atomic mass is 14.3. The van der Waals surface area contributed by atoms with Crippen LogP contribution in [0, 0.1) is 5.92 Å². The zero-order valence-corrected chi connectivity index (χ0v) is 11.9. The van der Waals surface area contributed by atoms with Crippen molar-refractivity contribution < 1.29 is 0 Å². The maximum atomic E-state index is 2.55. The molecular formula is C19H24. The second-order valence-corrected chi connectivity index (χ2v) is 6.00. The molecule has 0 heterocycles. The molecular weight excluding hydrogens is 228 g/mol. The lowest BCUT2D eigenvalue weighted by Gasteiger charge is -2.19. The Labute approximate surface area is 117 Å². The Balaban J connectivity index is 1.64. The number of benzene rings is 1. The molecule has 2 aliphatic carbocycles. The molecule has 2 aliphatic rings. The van der Waals surface area contributed by atoms with Crippen LogP contribution in [0.25, 0.3) is 0 Å². The van der Waals surface area contributed by atoms with Crippen LogP contribution in [0.15, 0.2) is 48.1 Å². The predicted molar refractivity (Wildman–Crippen MR) is 82.4 cm³/mol. The second-order valence-electron chi connectivity index (χ2n) is 6.00. The molecule has 0 fully saturated rings. The van der Waals surface area contributed by atoms with E-state index < -0.39 is 0 Å². The highest BCUT2D eigenvalue weighted by Crippen LogP contribution is 2.42. The molecule has 19 heavy (non-hydrogen) atoms. The van der Waals surface area contributed by atoms with Crippen LogP contribution in [0.3, 0.4) is 0 Å². The minimum absolute atomic E-state index is 0.649. The number of rotatable bonds is 5. The lowest BCUT2D eigenvalue weighted by molar-refractivity contribution is 0.611. The van der Waals surface area contributed by atoms with Gasteiger partial charge in [-0.2, -0.15) is 0 Å². The molecule has 0 aromatic heterocycles. The lowest BCUT2D eigenvalue weighted by atomic mass is 9.85. The van der Waals surface area contributed by atoms with Crippen molar-refractivity contribution in [3.63, 3.8) is 0 Å². The molecule has 1 aromatic carbocycles. The van der Waals surface area contributed by atoms with Gasteiger partial charge in [-0.25, -0.2) is 0 Å². The summed E-state index contributed by atoms with van der Waals surface area (Å²) in [6.07, 6.45) is 15.4. The molecule has 0 spiro atoms. The molecule has 0 bridgehead atoms. The molecule has 0 nitrogen and oxygen atoms in total. The third kappa shape index (κ3) is 2.68. The summed E-state index contributed by atoms with van der Waals surface area (Å²) < 4.78 is 0. The summed E-state index contributed by atoms with van der Waals surface area (Å²) in [4.78, 5) is 0. The van der Waals surface area contributed by atoms with Crippen LogP contribution in [0.4, 0.5) is 0 Å². The van der Waals surface area contributed by atoms with E-state index in [4.69, 9.17) is 0 Å². The van der Waals surface area contributed by atoms with Gasteiger partial charge >= 0.3 is 0 Å². The van der Waals surface area contributed by atoms with Gasteiger partial charge in [0.2, 0.25) is 0 Å². The zero-order valence-electron chi connectivity index (χ0n) is 11.9. The first kappa shape index (κ1) is 12.7. The summed E-state index contributed by atoms with van der Waals surface area (Å²) in [6, 6.07) is 8.97. The van der Waals surface area contributed by atoms with Crippen LogP contribution in [0.5, 0.6) is 0 Å². The van der Waals surface area contributed by atoms with E-state index in [-0.39, 0.29) is 0 Å². The Kier molecular flexibility index (Phi) is 3.87.